The molecule has 0 aromatic heterocycles. The normalized spacial score (nSPS) is 10.4. The van der Waals surface area contributed by atoms with Crippen molar-refractivity contribution in [1.29, 1.82) is 0 Å². The van der Waals surface area contributed by atoms with Crippen LogP contribution in [-0.2, 0) is 0 Å². The Labute approximate surface area is 141 Å². The molecule has 108 valence electrons. The van der Waals surface area contributed by atoms with Gasteiger partial charge < -0.3 is 0 Å². The molecule has 4 heteroatoms. The molecule has 0 radical (unpaired) electrons. The van der Waals surface area contributed by atoms with E-state index in [0.717, 1.165) is 16.7 Å². The van der Waals surface area contributed by atoms with Gasteiger partial charge in [-0.15, -0.1) is 0 Å². The van der Waals surface area contributed by atoms with Gasteiger partial charge in [0.15, 0.2) is 0 Å². The average Bonchev–Trinajstić information content (AvgIpc) is 2.55. The Morgan fingerprint density at radius 2 is 1.23 bits per heavy atom. The van der Waals surface area contributed by atoms with Crippen LogP contribution in [0.4, 0.5) is 5.69 Å². The van der Waals surface area contributed by atoms with Crippen LogP contribution in [0.2, 0.25) is 0 Å². The molecule has 0 aliphatic heterocycles. The molecular formula is C18H12INO2. The van der Waals surface area contributed by atoms with Gasteiger partial charge in [-0.1, -0.05) is 54.6 Å². The van der Waals surface area contributed by atoms with Crippen LogP contribution >= 0.6 is 22.6 Å². The first-order valence-electron chi connectivity index (χ1n) is 6.75. The third-order valence-electron chi connectivity index (χ3n) is 3.47. The minimum atomic E-state index is -0.357. The Balaban J connectivity index is 1.93. The maximum absolute atomic E-state index is 10.9. The summed E-state index contributed by atoms with van der Waals surface area (Å²) in [7, 11) is 0. The Kier molecular flexibility index (Phi) is 4.20. The summed E-state index contributed by atoms with van der Waals surface area (Å²) >= 11 is 2.00. The van der Waals surface area contributed by atoms with Crippen LogP contribution in [0.25, 0.3) is 22.3 Å². The number of hydrogen-bond donors (Lipinski definition) is 0. The lowest BCUT2D eigenvalue weighted by molar-refractivity contribution is -0.385. The molecule has 0 atom stereocenters. The molecule has 0 heterocycles. The third-order valence-corrected chi connectivity index (χ3v) is 4.33. The monoisotopic (exact) mass is 401 g/mol. The van der Waals surface area contributed by atoms with Gasteiger partial charge in [-0.05, 0) is 57.0 Å². The number of nitrogens with zero attached hydrogens (tertiary/aromatic N) is 1. The van der Waals surface area contributed by atoms with Crippen molar-refractivity contribution in [2.24, 2.45) is 0 Å². The SMILES string of the molecule is O=[N+]([O-])c1ccc(-c2ccc(-c3ccccc3)cc2)cc1I. The van der Waals surface area contributed by atoms with Crippen LogP contribution in [0, 0.1) is 13.7 Å². The molecule has 0 spiro atoms. The second-order valence-electron chi connectivity index (χ2n) is 4.87. The van der Waals surface area contributed by atoms with E-state index in [2.05, 4.69) is 24.3 Å². The quantitative estimate of drug-likeness (QED) is 0.329. The summed E-state index contributed by atoms with van der Waals surface area (Å²) in [5.74, 6) is 0. The van der Waals surface area contributed by atoms with E-state index in [1.54, 1.807) is 12.1 Å². The number of halogens is 1. The first-order valence-corrected chi connectivity index (χ1v) is 7.83. The maximum atomic E-state index is 10.9. The summed E-state index contributed by atoms with van der Waals surface area (Å²) < 4.78 is 0.646. The van der Waals surface area contributed by atoms with Crippen molar-refractivity contribution < 1.29 is 4.92 Å². The fourth-order valence-corrected chi connectivity index (χ4v) is 3.03. The van der Waals surface area contributed by atoms with Gasteiger partial charge in [0.2, 0.25) is 0 Å². The van der Waals surface area contributed by atoms with Gasteiger partial charge in [-0.2, -0.15) is 0 Å². The molecule has 0 bridgehead atoms. The molecule has 0 saturated carbocycles. The third kappa shape index (κ3) is 3.01. The highest BCUT2D eigenvalue weighted by molar-refractivity contribution is 14.1. The smallest absolute Gasteiger partial charge is 0.258 e. The van der Waals surface area contributed by atoms with E-state index in [4.69, 9.17) is 0 Å². The number of nitro groups is 1. The Morgan fingerprint density at radius 1 is 0.727 bits per heavy atom. The van der Waals surface area contributed by atoms with E-state index >= 15 is 0 Å². The highest BCUT2D eigenvalue weighted by Gasteiger charge is 2.12. The van der Waals surface area contributed by atoms with Crippen LogP contribution < -0.4 is 0 Å². The molecule has 0 saturated heterocycles. The topological polar surface area (TPSA) is 43.1 Å². The van der Waals surface area contributed by atoms with Crippen molar-refractivity contribution in [1.82, 2.24) is 0 Å². The summed E-state index contributed by atoms with van der Waals surface area (Å²) in [6.45, 7) is 0. The number of hydrogen-bond acceptors (Lipinski definition) is 2. The Hall–Kier alpha value is -2.21. The minimum absolute atomic E-state index is 0.144. The second-order valence-corrected chi connectivity index (χ2v) is 6.03. The van der Waals surface area contributed by atoms with E-state index in [-0.39, 0.29) is 10.6 Å². The first-order chi connectivity index (χ1) is 10.6. The molecule has 0 amide bonds. The average molecular weight is 401 g/mol. The summed E-state index contributed by atoms with van der Waals surface area (Å²) in [5.41, 5.74) is 4.50. The standard InChI is InChI=1S/C18H12INO2/c19-17-12-16(10-11-18(17)20(21)22)15-8-6-14(7-9-15)13-4-2-1-3-5-13/h1-12H. The summed E-state index contributed by atoms with van der Waals surface area (Å²) in [4.78, 5) is 10.5. The Bertz CT molecular complexity index is 814. The highest BCUT2D eigenvalue weighted by atomic mass is 127. The van der Waals surface area contributed by atoms with Crippen LogP contribution in [-0.4, -0.2) is 4.92 Å². The van der Waals surface area contributed by atoms with Crippen molar-refractivity contribution >= 4 is 28.3 Å². The zero-order valence-corrected chi connectivity index (χ0v) is 13.7. The van der Waals surface area contributed by atoms with Crippen molar-refractivity contribution in [3.63, 3.8) is 0 Å². The fraction of sp³-hybridized carbons (Fsp3) is 0. The molecule has 0 fully saturated rings. The molecular weight excluding hydrogens is 389 g/mol. The van der Waals surface area contributed by atoms with Gasteiger partial charge in [-0.25, -0.2) is 0 Å². The number of nitro benzene ring substituents is 1. The zero-order valence-electron chi connectivity index (χ0n) is 11.6. The second kappa shape index (κ2) is 6.27. The highest BCUT2D eigenvalue weighted by Crippen LogP contribution is 2.29. The first kappa shape index (κ1) is 14.7. The number of benzene rings is 3. The lowest BCUT2D eigenvalue weighted by Crippen LogP contribution is -1.91. The maximum Gasteiger partial charge on any atom is 0.282 e. The van der Waals surface area contributed by atoms with Crippen molar-refractivity contribution in [2.45, 2.75) is 0 Å². The summed E-state index contributed by atoms with van der Waals surface area (Å²) in [6, 6.07) is 23.6. The molecule has 3 aromatic rings. The van der Waals surface area contributed by atoms with Gasteiger partial charge in [0.1, 0.15) is 0 Å². The van der Waals surface area contributed by atoms with Crippen LogP contribution in [0.1, 0.15) is 0 Å². The molecule has 0 N–H and O–H groups in total. The van der Waals surface area contributed by atoms with E-state index in [9.17, 15) is 10.1 Å². The molecule has 0 unspecified atom stereocenters. The predicted octanol–water partition coefficient (Wildman–Crippen LogP) is 5.53. The molecule has 22 heavy (non-hydrogen) atoms. The van der Waals surface area contributed by atoms with Crippen LogP contribution in [0.5, 0.6) is 0 Å². The van der Waals surface area contributed by atoms with Gasteiger partial charge in [0.05, 0.1) is 8.49 Å². The van der Waals surface area contributed by atoms with Gasteiger partial charge >= 0.3 is 0 Å². The van der Waals surface area contributed by atoms with Crippen molar-refractivity contribution in [3.05, 3.63) is 86.5 Å². The predicted molar refractivity (Wildman–Crippen MR) is 96.7 cm³/mol. The molecule has 3 rings (SSSR count). The van der Waals surface area contributed by atoms with Gasteiger partial charge in [0, 0.05) is 6.07 Å². The zero-order chi connectivity index (χ0) is 15.5. The van der Waals surface area contributed by atoms with E-state index in [1.807, 2.05) is 59.0 Å². The molecule has 3 aromatic carbocycles. The minimum Gasteiger partial charge on any atom is -0.258 e. The molecule has 0 aliphatic rings. The van der Waals surface area contributed by atoms with Crippen LogP contribution in [0.15, 0.2) is 72.8 Å². The lowest BCUT2D eigenvalue weighted by Gasteiger charge is -2.06. The summed E-state index contributed by atoms with van der Waals surface area (Å²) in [6.07, 6.45) is 0. The van der Waals surface area contributed by atoms with Crippen molar-refractivity contribution in [2.75, 3.05) is 0 Å². The largest absolute Gasteiger partial charge is 0.282 e. The van der Waals surface area contributed by atoms with Crippen molar-refractivity contribution in [3.8, 4) is 22.3 Å². The van der Waals surface area contributed by atoms with Gasteiger partial charge in [0.25, 0.3) is 5.69 Å². The fourth-order valence-electron chi connectivity index (χ4n) is 2.32. The Morgan fingerprint density at radius 3 is 1.77 bits per heavy atom. The molecule has 3 nitrogen and oxygen atoms in total. The van der Waals surface area contributed by atoms with E-state index < -0.39 is 0 Å². The van der Waals surface area contributed by atoms with E-state index in [1.165, 1.54) is 5.56 Å². The number of rotatable bonds is 3. The summed E-state index contributed by atoms with van der Waals surface area (Å²) in [5, 5.41) is 10.9. The molecule has 0 aliphatic carbocycles. The lowest BCUT2D eigenvalue weighted by atomic mass is 10.0. The van der Waals surface area contributed by atoms with E-state index in [0.29, 0.717) is 3.57 Å². The van der Waals surface area contributed by atoms with Gasteiger partial charge in [-0.3, -0.25) is 10.1 Å². The van der Waals surface area contributed by atoms with Crippen LogP contribution in [0.3, 0.4) is 0 Å².